The van der Waals surface area contributed by atoms with E-state index in [1.165, 1.54) is 0 Å². The molecular formula is C12H22N2O4S2. The molecule has 2 aliphatic heterocycles. The second-order valence-electron chi connectivity index (χ2n) is 3.29. The molecule has 0 aliphatic carbocycles. The zero-order valence-corrected chi connectivity index (χ0v) is 13.4. The third-order valence-electron chi connectivity index (χ3n) is 2.04. The van der Waals surface area contributed by atoms with Gasteiger partial charge in [-0.15, -0.1) is 0 Å². The van der Waals surface area contributed by atoms with E-state index in [9.17, 15) is 19.2 Å². The largest absolute Gasteiger partial charge is 0.290 e. The summed E-state index contributed by atoms with van der Waals surface area (Å²) in [5.74, 6) is -0.431. The molecule has 4 amide bonds. The molecule has 2 fully saturated rings. The van der Waals surface area contributed by atoms with Crippen LogP contribution in [0.2, 0.25) is 0 Å². The number of rotatable bonds is 1. The summed E-state index contributed by atoms with van der Waals surface area (Å²) < 4.78 is 0. The van der Waals surface area contributed by atoms with E-state index in [0.29, 0.717) is 4.91 Å². The van der Waals surface area contributed by atoms with Crippen LogP contribution < -0.4 is 10.6 Å². The van der Waals surface area contributed by atoms with Crippen molar-refractivity contribution in [3.63, 3.8) is 0 Å². The minimum atomic E-state index is -0.285. The highest BCUT2D eigenvalue weighted by Gasteiger charge is 2.29. The third kappa shape index (κ3) is 5.79. The third-order valence-corrected chi connectivity index (χ3v) is 4.12. The molecule has 2 aliphatic rings. The van der Waals surface area contributed by atoms with Gasteiger partial charge in [-0.25, -0.2) is 0 Å². The van der Waals surface area contributed by atoms with Gasteiger partial charge in [0, 0.05) is 2.85 Å². The van der Waals surface area contributed by atoms with Gasteiger partial charge in [-0.3, -0.25) is 29.8 Å². The van der Waals surface area contributed by atoms with Crippen LogP contribution in [0.4, 0.5) is 9.59 Å². The molecule has 2 heterocycles. The maximum Gasteiger partial charge on any atom is 0.290 e. The Hall–Kier alpha value is -1.28. The molecule has 6 nitrogen and oxygen atoms in total. The zero-order chi connectivity index (χ0) is 15.7. The number of amides is 4. The van der Waals surface area contributed by atoms with Crippen LogP contribution in [0.25, 0.3) is 0 Å². The molecule has 1 atom stereocenters. The van der Waals surface area contributed by atoms with Gasteiger partial charge in [0.2, 0.25) is 5.91 Å². The first kappa shape index (κ1) is 18.7. The first-order valence-electron chi connectivity index (χ1n) is 6.18. The Morgan fingerprint density at radius 1 is 1.15 bits per heavy atom. The Labute approximate surface area is 129 Å². The fraction of sp³-hybridized carbons (Fsp3) is 0.500. The first-order valence-corrected chi connectivity index (χ1v) is 7.88. The van der Waals surface area contributed by atoms with Crippen LogP contribution >= 0.6 is 23.5 Å². The molecule has 8 heteroatoms. The van der Waals surface area contributed by atoms with E-state index < -0.39 is 0 Å². The van der Waals surface area contributed by atoms with E-state index in [1.807, 2.05) is 20.8 Å². The second-order valence-corrected chi connectivity index (χ2v) is 5.48. The highest BCUT2D eigenvalue weighted by atomic mass is 32.2. The summed E-state index contributed by atoms with van der Waals surface area (Å²) in [7, 11) is 0. The van der Waals surface area contributed by atoms with Crippen molar-refractivity contribution in [3.05, 3.63) is 11.0 Å². The van der Waals surface area contributed by atoms with Crippen molar-refractivity contribution in [2.75, 3.05) is 0 Å². The molecule has 116 valence electrons. The molecular weight excluding hydrogens is 300 g/mol. The van der Waals surface area contributed by atoms with Crippen molar-refractivity contribution in [3.8, 4) is 0 Å². The fourth-order valence-electron chi connectivity index (χ4n) is 1.18. The Morgan fingerprint density at radius 2 is 1.75 bits per heavy atom. The standard InChI is InChI=1S/C5H7NO2S.C5H5NO2S.C2H6.2H2/c2*1-2-3-4(7)6-5(8)9-3;1-2;;/h3H,2H2,1H3,(H,6,7,8);2H,1H3,(H,6,7,8);1-2H3;2*1H/b;3-2+;;;. The zero-order valence-electron chi connectivity index (χ0n) is 11.8. The molecule has 0 aromatic carbocycles. The van der Waals surface area contributed by atoms with E-state index in [4.69, 9.17) is 0 Å². The Bertz CT molecular complexity index is 445. The van der Waals surface area contributed by atoms with Gasteiger partial charge in [0.05, 0.1) is 10.2 Å². The molecule has 0 bridgehead atoms. The lowest BCUT2D eigenvalue weighted by atomic mass is 10.3. The number of nitrogens with one attached hydrogen (secondary N) is 2. The normalized spacial score (nSPS) is 22.6. The van der Waals surface area contributed by atoms with Gasteiger partial charge < -0.3 is 0 Å². The van der Waals surface area contributed by atoms with Gasteiger partial charge in [0.1, 0.15) is 0 Å². The van der Waals surface area contributed by atoms with E-state index in [-0.39, 0.29) is 30.4 Å². The predicted octanol–water partition coefficient (Wildman–Crippen LogP) is 3.14. The first-order chi connectivity index (χ1) is 9.47. The molecule has 0 saturated carbocycles. The number of hydrogen-bond acceptors (Lipinski definition) is 6. The van der Waals surface area contributed by atoms with Crippen molar-refractivity contribution in [2.24, 2.45) is 0 Å². The second kappa shape index (κ2) is 9.60. The smallest absolute Gasteiger partial charge is 0.286 e. The average Bonchev–Trinajstić information content (AvgIpc) is 2.93. The van der Waals surface area contributed by atoms with E-state index in [2.05, 4.69) is 10.6 Å². The summed E-state index contributed by atoms with van der Waals surface area (Å²) in [5.41, 5.74) is 0. The Kier molecular flexibility index (Phi) is 8.98. The number of carbonyl (C=O) groups is 4. The molecule has 0 radical (unpaired) electrons. The number of carbonyl (C=O) groups excluding carboxylic acids is 4. The van der Waals surface area contributed by atoms with Crippen LogP contribution in [0.5, 0.6) is 0 Å². The molecule has 2 rings (SSSR count). The highest BCUT2D eigenvalue weighted by Crippen LogP contribution is 2.22. The summed E-state index contributed by atoms with van der Waals surface area (Å²) in [4.78, 5) is 42.6. The van der Waals surface area contributed by atoms with E-state index in [1.54, 1.807) is 13.0 Å². The average molecular weight is 322 g/mol. The molecule has 20 heavy (non-hydrogen) atoms. The maximum absolute atomic E-state index is 10.7. The summed E-state index contributed by atoms with van der Waals surface area (Å²) in [6, 6.07) is 0. The number of thioether (sulfide) groups is 2. The van der Waals surface area contributed by atoms with Crippen LogP contribution in [0.1, 0.15) is 37.0 Å². The van der Waals surface area contributed by atoms with Crippen LogP contribution in [-0.4, -0.2) is 27.5 Å². The van der Waals surface area contributed by atoms with Gasteiger partial charge >= 0.3 is 0 Å². The van der Waals surface area contributed by atoms with Crippen molar-refractivity contribution in [1.29, 1.82) is 0 Å². The van der Waals surface area contributed by atoms with Gasteiger partial charge in [-0.1, -0.05) is 38.6 Å². The molecule has 0 aromatic rings. The van der Waals surface area contributed by atoms with Crippen molar-refractivity contribution in [1.82, 2.24) is 10.6 Å². The van der Waals surface area contributed by atoms with Gasteiger partial charge in [-0.2, -0.15) is 0 Å². The van der Waals surface area contributed by atoms with Gasteiger partial charge in [0.15, 0.2) is 0 Å². The predicted molar refractivity (Wildman–Crippen MR) is 85.7 cm³/mol. The SMILES string of the molecule is C/C=C1/SC(=O)NC1=O.CC.CCC1SC(=O)NC1=O.[HH].[HH]. The number of hydrogen-bond donors (Lipinski definition) is 2. The Morgan fingerprint density at radius 3 is 1.95 bits per heavy atom. The summed E-state index contributed by atoms with van der Waals surface area (Å²) in [6.45, 7) is 7.61. The lowest BCUT2D eigenvalue weighted by molar-refractivity contribution is -0.119. The summed E-state index contributed by atoms with van der Waals surface area (Å²) in [6.07, 6.45) is 2.34. The van der Waals surface area contributed by atoms with Crippen molar-refractivity contribution in [2.45, 2.75) is 39.4 Å². The monoisotopic (exact) mass is 322 g/mol. The number of allylic oxidation sites excluding steroid dienone is 1. The quantitative estimate of drug-likeness (QED) is 0.721. The van der Waals surface area contributed by atoms with Crippen molar-refractivity contribution >= 4 is 45.8 Å². The molecule has 0 spiro atoms. The van der Waals surface area contributed by atoms with Crippen LogP contribution in [0, 0.1) is 0 Å². The van der Waals surface area contributed by atoms with Crippen molar-refractivity contribution < 1.29 is 22.0 Å². The lowest BCUT2D eigenvalue weighted by Gasteiger charge is -1.94. The number of imide groups is 2. The topological polar surface area (TPSA) is 92.3 Å². The minimum Gasteiger partial charge on any atom is -0.286 e. The molecule has 2 N–H and O–H groups in total. The van der Waals surface area contributed by atoms with Crippen LogP contribution in [0.3, 0.4) is 0 Å². The maximum atomic E-state index is 10.7. The molecule has 1 unspecified atom stereocenters. The van der Waals surface area contributed by atoms with Crippen LogP contribution in [-0.2, 0) is 9.59 Å². The molecule has 2 saturated heterocycles. The highest BCUT2D eigenvalue weighted by molar-refractivity contribution is 8.18. The minimum absolute atomic E-state index is 0. The van der Waals surface area contributed by atoms with Crippen LogP contribution in [0.15, 0.2) is 11.0 Å². The Balaban J connectivity index is -0.000000273. The molecule has 0 aromatic heterocycles. The van der Waals surface area contributed by atoms with E-state index in [0.717, 1.165) is 29.9 Å². The summed E-state index contributed by atoms with van der Waals surface area (Å²) >= 11 is 2.01. The fourth-order valence-corrected chi connectivity index (χ4v) is 2.53. The van der Waals surface area contributed by atoms with Gasteiger partial charge in [-0.05, 0) is 25.1 Å². The van der Waals surface area contributed by atoms with E-state index >= 15 is 0 Å². The lowest BCUT2D eigenvalue weighted by Crippen LogP contribution is -2.23. The van der Waals surface area contributed by atoms with Gasteiger partial charge in [0.25, 0.3) is 16.4 Å². The summed E-state index contributed by atoms with van der Waals surface area (Å²) in [5, 5.41) is 3.70.